The summed E-state index contributed by atoms with van der Waals surface area (Å²) < 4.78 is 11.5. The maximum atomic E-state index is 6.00. The normalized spacial score (nSPS) is 31.8. The monoisotopic (exact) mass is 266 g/mol. The van der Waals surface area contributed by atoms with Gasteiger partial charge in [0, 0.05) is 13.0 Å². The van der Waals surface area contributed by atoms with Crippen molar-refractivity contribution >= 4 is 0 Å². The van der Waals surface area contributed by atoms with E-state index in [2.05, 4.69) is 45.9 Å². The van der Waals surface area contributed by atoms with Crippen LogP contribution in [-0.4, -0.2) is 24.9 Å². The summed E-state index contributed by atoms with van der Waals surface area (Å²) >= 11 is 0. The zero-order valence-electron chi connectivity index (χ0n) is 13.3. The van der Waals surface area contributed by atoms with Crippen molar-refractivity contribution in [3.8, 4) is 0 Å². The van der Waals surface area contributed by atoms with E-state index >= 15 is 0 Å². The van der Waals surface area contributed by atoms with Crippen molar-refractivity contribution in [2.45, 2.75) is 65.3 Å². The van der Waals surface area contributed by atoms with Gasteiger partial charge in [0.05, 0.1) is 17.8 Å². The van der Waals surface area contributed by atoms with Crippen LogP contribution >= 0.6 is 0 Å². The van der Waals surface area contributed by atoms with Gasteiger partial charge in [-0.2, -0.15) is 0 Å². The van der Waals surface area contributed by atoms with Crippen LogP contribution in [0.5, 0.6) is 0 Å². The highest BCUT2D eigenvalue weighted by molar-refractivity contribution is 5.08. The molecule has 0 aromatic heterocycles. The Labute approximate surface area is 118 Å². The Morgan fingerprint density at radius 2 is 2.00 bits per heavy atom. The Balaban J connectivity index is 2.48. The summed E-state index contributed by atoms with van der Waals surface area (Å²) in [4.78, 5) is 0. The van der Waals surface area contributed by atoms with Crippen molar-refractivity contribution in [2.75, 3.05) is 7.11 Å². The molecule has 1 rings (SSSR count). The first-order valence-electron chi connectivity index (χ1n) is 7.48. The molecule has 2 nitrogen and oxygen atoms in total. The van der Waals surface area contributed by atoms with Crippen LogP contribution in [0, 0.1) is 11.8 Å². The van der Waals surface area contributed by atoms with Crippen LogP contribution in [0.15, 0.2) is 24.3 Å². The minimum Gasteiger partial charge on any atom is -0.381 e. The number of epoxide rings is 1. The van der Waals surface area contributed by atoms with Gasteiger partial charge in [-0.3, -0.25) is 0 Å². The van der Waals surface area contributed by atoms with Crippen LogP contribution in [0.1, 0.15) is 47.5 Å². The van der Waals surface area contributed by atoms with Crippen molar-refractivity contribution in [3.05, 3.63) is 24.3 Å². The summed E-state index contributed by atoms with van der Waals surface area (Å²) in [5.74, 6) is 1.01. The molecule has 0 N–H and O–H groups in total. The molecule has 0 saturated carbocycles. The predicted molar refractivity (Wildman–Crippen MR) is 81.3 cm³/mol. The van der Waals surface area contributed by atoms with Gasteiger partial charge in [0.25, 0.3) is 0 Å². The van der Waals surface area contributed by atoms with Crippen LogP contribution in [0.2, 0.25) is 0 Å². The van der Waals surface area contributed by atoms with Crippen LogP contribution in [0.3, 0.4) is 0 Å². The average molecular weight is 266 g/mol. The zero-order valence-corrected chi connectivity index (χ0v) is 13.3. The van der Waals surface area contributed by atoms with Crippen molar-refractivity contribution in [3.63, 3.8) is 0 Å². The molecular weight excluding hydrogens is 236 g/mol. The molecule has 0 spiro atoms. The molecule has 0 aromatic rings. The molecule has 1 fully saturated rings. The number of hydrogen-bond donors (Lipinski definition) is 0. The lowest BCUT2D eigenvalue weighted by Gasteiger charge is -2.21. The molecule has 0 aromatic carbocycles. The minimum absolute atomic E-state index is 0.0328. The van der Waals surface area contributed by atoms with Gasteiger partial charge in [-0.25, -0.2) is 0 Å². The van der Waals surface area contributed by atoms with Crippen molar-refractivity contribution in [2.24, 2.45) is 11.8 Å². The lowest BCUT2D eigenvalue weighted by atomic mass is 9.86. The third kappa shape index (κ3) is 4.47. The predicted octanol–water partition coefficient (Wildman–Crippen LogP) is 4.36. The van der Waals surface area contributed by atoms with Gasteiger partial charge in [0.15, 0.2) is 0 Å². The van der Waals surface area contributed by atoms with Crippen LogP contribution in [0.4, 0.5) is 0 Å². The number of rotatable bonds is 8. The standard InChI is InChI=1S/C17H30O2/c1-7-9-10-11-13(3)12-17(5)16(19-17)14(4)15(8-2)18-6/h7,9-11,13-16H,8,12H2,1-6H3/b9-7-,11-10+/t13?,14?,15?,16?,17-/m1/s1. The first kappa shape index (κ1) is 16.5. The van der Waals surface area contributed by atoms with E-state index in [0.717, 1.165) is 12.8 Å². The van der Waals surface area contributed by atoms with Gasteiger partial charge in [-0.15, -0.1) is 0 Å². The van der Waals surface area contributed by atoms with Crippen molar-refractivity contribution in [1.82, 2.24) is 0 Å². The molecule has 0 bridgehead atoms. The summed E-state index contributed by atoms with van der Waals surface area (Å²) in [5.41, 5.74) is 0.0328. The summed E-state index contributed by atoms with van der Waals surface area (Å²) in [5, 5.41) is 0. The van der Waals surface area contributed by atoms with E-state index < -0.39 is 0 Å². The van der Waals surface area contributed by atoms with E-state index in [1.54, 1.807) is 7.11 Å². The lowest BCUT2D eigenvalue weighted by Crippen LogP contribution is -2.28. The molecule has 110 valence electrons. The molecule has 5 atom stereocenters. The van der Waals surface area contributed by atoms with Gasteiger partial charge in [0.2, 0.25) is 0 Å². The number of methoxy groups -OCH3 is 1. The Morgan fingerprint density at radius 3 is 2.53 bits per heavy atom. The fourth-order valence-corrected chi connectivity index (χ4v) is 3.10. The third-order valence-corrected chi connectivity index (χ3v) is 4.18. The summed E-state index contributed by atoms with van der Waals surface area (Å²) in [6.45, 7) is 10.9. The average Bonchev–Trinajstić information content (AvgIpc) is 3.02. The smallest absolute Gasteiger partial charge is 0.0929 e. The number of hydrogen-bond acceptors (Lipinski definition) is 2. The Morgan fingerprint density at radius 1 is 1.32 bits per heavy atom. The highest BCUT2D eigenvalue weighted by atomic mass is 16.6. The third-order valence-electron chi connectivity index (χ3n) is 4.18. The quantitative estimate of drug-likeness (QED) is 0.481. The largest absolute Gasteiger partial charge is 0.381 e. The molecule has 0 amide bonds. The highest BCUT2D eigenvalue weighted by Gasteiger charge is 2.56. The first-order chi connectivity index (χ1) is 8.98. The maximum Gasteiger partial charge on any atom is 0.0929 e. The highest BCUT2D eigenvalue weighted by Crippen LogP contribution is 2.47. The van der Waals surface area contributed by atoms with Crippen LogP contribution in [-0.2, 0) is 9.47 Å². The van der Waals surface area contributed by atoms with Gasteiger partial charge in [-0.05, 0) is 32.6 Å². The Hall–Kier alpha value is -0.600. The maximum absolute atomic E-state index is 6.00. The number of ether oxygens (including phenoxy) is 2. The summed E-state index contributed by atoms with van der Waals surface area (Å²) in [6.07, 6.45) is 11.3. The van der Waals surface area contributed by atoms with E-state index in [9.17, 15) is 0 Å². The molecule has 1 saturated heterocycles. The molecular formula is C17H30O2. The van der Waals surface area contributed by atoms with E-state index in [0.29, 0.717) is 24.0 Å². The molecule has 1 aliphatic rings. The van der Waals surface area contributed by atoms with Crippen LogP contribution < -0.4 is 0 Å². The molecule has 4 unspecified atom stereocenters. The van der Waals surface area contributed by atoms with Gasteiger partial charge in [0.1, 0.15) is 0 Å². The molecule has 0 radical (unpaired) electrons. The molecule has 19 heavy (non-hydrogen) atoms. The van der Waals surface area contributed by atoms with Crippen molar-refractivity contribution < 1.29 is 9.47 Å². The van der Waals surface area contributed by atoms with Gasteiger partial charge in [-0.1, -0.05) is 45.1 Å². The lowest BCUT2D eigenvalue weighted by molar-refractivity contribution is 0.0445. The van der Waals surface area contributed by atoms with E-state index in [1.807, 2.05) is 13.0 Å². The molecule has 1 heterocycles. The second-order valence-electron chi connectivity index (χ2n) is 5.98. The molecule has 0 aliphatic carbocycles. The fraction of sp³-hybridized carbons (Fsp3) is 0.765. The second-order valence-corrected chi connectivity index (χ2v) is 5.98. The SMILES string of the molecule is C/C=C\C=C\C(C)C[C@@]1(C)OC1C(C)C(CC)OC. The van der Waals surface area contributed by atoms with E-state index in [-0.39, 0.29) is 5.60 Å². The van der Waals surface area contributed by atoms with Gasteiger partial charge >= 0.3 is 0 Å². The first-order valence-corrected chi connectivity index (χ1v) is 7.48. The fourth-order valence-electron chi connectivity index (χ4n) is 3.10. The van der Waals surface area contributed by atoms with Gasteiger partial charge < -0.3 is 9.47 Å². The zero-order chi connectivity index (χ0) is 14.5. The Kier molecular flexibility index (Phi) is 6.28. The summed E-state index contributed by atoms with van der Waals surface area (Å²) in [6, 6.07) is 0. The number of allylic oxidation sites excluding steroid dienone is 4. The Bertz CT molecular complexity index is 317. The molecule has 2 heteroatoms. The van der Waals surface area contributed by atoms with E-state index in [1.165, 1.54) is 0 Å². The topological polar surface area (TPSA) is 21.8 Å². The second kappa shape index (κ2) is 7.25. The molecule has 1 aliphatic heterocycles. The van der Waals surface area contributed by atoms with Crippen LogP contribution in [0.25, 0.3) is 0 Å². The van der Waals surface area contributed by atoms with Crippen molar-refractivity contribution in [1.29, 1.82) is 0 Å². The minimum atomic E-state index is 0.0328. The van der Waals surface area contributed by atoms with E-state index in [4.69, 9.17) is 9.47 Å². The summed E-state index contributed by atoms with van der Waals surface area (Å²) in [7, 11) is 1.80.